The highest BCUT2D eigenvalue weighted by Crippen LogP contribution is 2.17. The molecule has 6 nitrogen and oxygen atoms in total. The van der Waals surface area contributed by atoms with Crippen LogP contribution >= 0.6 is 0 Å². The minimum Gasteiger partial charge on any atom is -0.289 e. The summed E-state index contributed by atoms with van der Waals surface area (Å²) < 4.78 is 28.3. The van der Waals surface area contributed by atoms with Gasteiger partial charge in [0.15, 0.2) is 5.78 Å². The van der Waals surface area contributed by atoms with Gasteiger partial charge in [-0.25, -0.2) is 8.42 Å². The van der Waals surface area contributed by atoms with Gasteiger partial charge < -0.3 is 0 Å². The molecule has 156 valence electrons. The molecule has 0 radical (unpaired) electrons. The Hall–Kier alpha value is -3.03. The Bertz CT molecular complexity index is 1110. The number of ketones is 1. The summed E-state index contributed by atoms with van der Waals surface area (Å²) in [6.45, 7) is 5.06. The zero-order valence-corrected chi connectivity index (χ0v) is 17.9. The Kier molecular flexibility index (Phi) is 6.97. The van der Waals surface area contributed by atoms with Crippen molar-refractivity contribution in [3.8, 4) is 0 Å². The average molecular weight is 424 g/mol. The van der Waals surface area contributed by atoms with Gasteiger partial charge in [-0.2, -0.15) is 9.40 Å². The monoisotopic (exact) mass is 423 g/mol. The molecular weight excluding hydrogens is 398 g/mol. The van der Waals surface area contributed by atoms with Crippen LogP contribution in [0.4, 0.5) is 0 Å². The molecule has 0 atom stereocenters. The number of carbonyl (C=O) groups excluding carboxylic acids is 1. The van der Waals surface area contributed by atoms with Gasteiger partial charge in [-0.05, 0) is 42.0 Å². The largest absolute Gasteiger partial charge is 0.289 e. The summed E-state index contributed by atoms with van der Waals surface area (Å²) in [7, 11) is -3.53. The van der Waals surface area contributed by atoms with Gasteiger partial charge in [-0.1, -0.05) is 44.2 Å². The highest BCUT2D eigenvalue weighted by Gasteiger charge is 2.21. The van der Waals surface area contributed by atoms with Gasteiger partial charge in [0.2, 0.25) is 10.0 Å². The molecule has 0 saturated carbocycles. The fourth-order valence-electron chi connectivity index (χ4n) is 3.09. The topological polar surface area (TPSA) is 72.3 Å². The Morgan fingerprint density at radius 2 is 1.70 bits per heavy atom. The van der Waals surface area contributed by atoms with Crippen LogP contribution in [0, 0.1) is 0 Å². The quantitative estimate of drug-likeness (QED) is 0.387. The van der Waals surface area contributed by atoms with E-state index in [9.17, 15) is 13.2 Å². The third-order valence-corrected chi connectivity index (χ3v) is 6.81. The van der Waals surface area contributed by atoms with Crippen LogP contribution in [-0.4, -0.2) is 41.4 Å². The van der Waals surface area contributed by atoms with Crippen molar-refractivity contribution < 1.29 is 13.2 Å². The fraction of sp³-hybridized carbons (Fsp3) is 0.217. The number of hydrogen-bond donors (Lipinski definition) is 0. The van der Waals surface area contributed by atoms with Crippen LogP contribution in [0.3, 0.4) is 0 Å². The third kappa shape index (κ3) is 5.11. The van der Waals surface area contributed by atoms with E-state index in [-0.39, 0.29) is 10.7 Å². The van der Waals surface area contributed by atoms with Crippen molar-refractivity contribution >= 4 is 21.9 Å². The normalized spacial score (nSPS) is 12.0. The second kappa shape index (κ2) is 9.65. The average Bonchev–Trinajstić information content (AvgIpc) is 3.21. The van der Waals surface area contributed by atoms with Crippen molar-refractivity contribution in [2.45, 2.75) is 25.3 Å². The maximum Gasteiger partial charge on any atom is 0.243 e. The lowest BCUT2D eigenvalue weighted by Crippen LogP contribution is -2.30. The molecule has 3 aromatic rings. The first-order valence-corrected chi connectivity index (χ1v) is 11.3. The second-order valence-electron chi connectivity index (χ2n) is 6.77. The number of aromatic nitrogens is 2. The van der Waals surface area contributed by atoms with Crippen LogP contribution in [0.2, 0.25) is 0 Å². The summed E-state index contributed by atoms with van der Waals surface area (Å²) >= 11 is 0. The number of carbonyl (C=O) groups is 1. The number of benzene rings is 2. The predicted molar refractivity (Wildman–Crippen MR) is 118 cm³/mol. The standard InChI is InChI=1S/C23H25N3O3S/c1-3-26(4-2)30(28,29)22-13-11-21(12-14-22)23(27)15-10-20-16-24-25(18-20)17-19-8-6-5-7-9-19/h5-16,18H,3-4,17H2,1-2H3/b15-10+. The maximum atomic E-state index is 12.5. The SMILES string of the molecule is CCN(CC)S(=O)(=O)c1ccc(C(=O)/C=C/c2cnn(Cc3ccccc3)c2)cc1. The lowest BCUT2D eigenvalue weighted by molar-refractivity contribution is 0.104. The first kappa shape index (κ1) is 21.7. The van der Waals surface area contributed by atoms with Gasteiger partial charge in [-0.15, -0.1) is 0 Å². The maximum absolute atomic E-state index is 12.5. The molecule has 0 aliphatic carbocycles. The Morgan fingerprint density at radius 1 is 1.03 bits per heavy atom. The summed E-state index contributed by atoms with van der Waals surface area (Å²) in [6.07, 6.45) is 6.75. The summed E-state index contributed by atoms with van der Waals surface area (Å²) in [4.78, 5) is 12.6. The molecule has 0 saturated heterocycles. The van der Waals surface area contributed by atoms with Crippen molar-refractivity contribution in [3.05, 3.63) is 89.8 Å². The number of nitrogens with zero attached hydrogens (tertiary/aromatic N) is 3. The van der Waals surface area contributed by atoms with E-state index in [1.807, 2.05) is 41.2 Å². The predicted octanol–water partition coefficient (Wildman–Crippen LogP) is 3.86. The van der Waals surface area contributed by atoms with Gasteiger partial charge in [0.05, 0.1) is 17.6 Å². The molecule has 0 aliphatic rings. The molecule has 2 aromatic carbocycles. The molecule has 0 aliphatic heterocycles. The smallest absolute Gasteiger partial charge is 0.243 e. The molecular formula is C23H25N3O3S. The summed E-state index contributed by atoms with van der Waals surface area (Å²) in [5, 5.41) is 4.32. The van der Waals surface area contributed by atoms with Gasteiger partial charge in [0.1, 0.15) is 0 Å². The second-order valence-corrected chi connectivity index (χ2v) is 8.71. The van der Waals surface area contributed by atoms with E-state index in [1.165, 1.54) is 22.5 Å². The Balaban J connectivity index is 1.67. The van der Waals surface area contributed by atoms with Gasteiger partial charge in [0.25, 0.3) is 0 Å². The summed E-state index contributed by atoms with van der Waals surface area (Å²) in [5.74, 6) is -0.197. The van der Waals surface area contributed by atoms with Crippen molar-refractivity contribution in [1.82, 2.24) is 14.1 Å². The van der Waals surface area contributed by atoms with Crippen LogP contribution in [0.1, 0.15) is 35.3 Å². The van der Waals surface area contributed by atoms with Crippen molar-refractivity contribution in [3.63, 3.8) is 0 Å². The van der Waals surface area contributed by atoms with Crippen LogP contribution < -0.4 is 0 Å². The molecule has 1 aromatic heterocycles. The minimum absolute atomic E-state index is 0.189. The van der Waals surface area contributed by atoms with E-state index in [1.54, 1.807) is 38.3 Å². The van der Waals surface area contributed by atoms with E-state index in [0.717, 1.165) is 11.1 Å². The van der Waals surface area contributed by atoms with E-state index in [4.69, 9.17) is 0 Å². The number of allylic oxidation sites excluding steroid dienone is 1. The molecule has 0 fully saturated rings. The Morgan fingerprint density at radius 3 is 2.33 bits per heavy atom. The first-order chi connectivity index (χ1) is 14.4. The van der Waals surface area contributed by atoms with Gasteiger partial charge in [0, 0.05) is 30.4 Å². The van der Waals surface area contributed by atoms with Crippen molar-refractivity contribution in [1.29, 1.82) is 0 Å². The van der Waals surface area contributed by atoms with Crippen molar-refractivity contribution in [2.24, 2.45) is 0 Å². The summed E-state index contributed by atoms with van der Waals surface area (Å²) in [6, 6.07) is 16.0. The summed E-state index contributed by atoms with van der Waals surface area (Å²) in [5.41, 5.74) is 2.40. The van der Waals surface area contributed by atoms with Crippen LogP contribution in [0.25, 0.3) is 6.08 Å². The van der Waals surface area contributed by atoms with Crippen LogP contribution in [-0.2, 0) is 16.6 Å². The molecule has 0 amide bonds. The van der Waals surface area contributed by atoms with Crippen LogP contribution in [0.5, 0.6) is 0 Å². The number of hydrogen-bond acceptors (Lipinski definition) is 4. The highest BCUT2D eigenvalue weighted by atomic mass is 32.2. The zero-order valence-electron chi connectivity index (χ0n) is 17.1. The Labute approximate surface area is 177 Å². The molecule has 0 spiro atoms. The number of sulfonamides is 1. The fourth-order valence-corrected chi connectivity index (χ4v) is 4.55. The molecule has 0 N–H and O–H groups in total. The molecule has 0 unspecified atom stereocenters. The molecule has 30 heavy (non-hydrogen) atoms. The first-order valence-electron chi connectivity index (χ1n) is 9.83. The lowest BCUT2D eigenvalue weighted by Gasteiger charge is -2.18. The molecule has 0 bridgehead atoms. The highest BCUT2D eigenvalue weighted by molar-refractivity contribution is 7.89. The molecule has 7 heteroatoms. The lowest BCUT2D eigenvalue weighted by atomic mass is 10.1. The van der Waals surface area contributed by atoms with Gasteiger partial charge in [-0.3, -0.25) is 9.48 Å². The van der Waals surface area contributed by atoms with E-state index in [0.29, 0.717) is 25.2 Å². The van der Waals surface area contributed by atoms with E-state index < -0.39 is 10.0 Å². The van der Waals surface area contributed by atoms with Gasteiger partial charge >= 0.3 is 0 Å². The molecule has 3 rings (SSSR count). The van der Waals surface area contributed by atoms with E-state index >= 15 is 0 Å². The third-order valence-electron chi connectivity index (χ3n) is 4.75. The minimum atomic E-state index is -3.53. The number of rotatable bonds is 9. The zero-order chi connectivity index (χ0) is 21.6. The van der Waals surface area contributed by atoms with Crippen LogP contribution in [0.15, 0.2) is 78.0 Å². The van der Waals surface area contributed by atoms with E-state index in [2.05, 4.69) is 5.10 Å². The molecule has 1 heterocycles. The van der Waals surface area contributed by atoms with Crippen molar-refractivity contribution in [2.75, 3.05) is 13.1 Å².